The summed E-state index contributed by atoms with van der Waals surface area (Å²) in [5.41, 5.74) is 2.33. The molecule has 0 saturated heterocycles. The first-order chi connectivity index (χ1) is 7.71. The summed E-state index contributed by atoms with van der Waals surface area (Å²) >= 11 is 0. The van der Waals surface area contributed by atoms with Crippen LogP contribution in [0.4, 0.5) is 0 Å². The van der Waals surface area contributed by atoms with Gasteiger partial charge in [0.2, 0.25) is 0 Å². The molecule has 16 heavy (non-hydrogen) atoms. The fraction of sp³-hybridized carbons (Fsp3) is 0.333. The number of hydrogen-bond acceptors (Lipinski definition) is 1. The summed E-state index contributed by atoms with van der Waals surface area (Å²) in [6.45, 7) is 11.9. The molecule has 0 heterocycles. The van der Waals surface area contributed by atoms with Gasteiger partial charge in [0.15, 0.2) is 0 Å². The van der Waals surface area contributed by atoms with Crippen molar-refractivity contribution < 1.29 is 4.74 Å². The first-order valence-electron chi connectivity index (χ1n) is 5.82. The molecule has 0 fully saturated rings. The number of hydrogen-bond donors (Lipinski definition) is 0. The highest BCUT2D eigenvalue weighted by Gasteiger charge is 2.04. The van der Waals surface area contributed by atoms with Crippen molar-refractivity contribution >= 4 is 6.08 Å². The standard InChI is InChI=1S/C15H20O/c1-5-8-12(4)16-15-10-9-13(6-2)11-14(15)7-3/h6,9-11H,2,4-5,7-8H2,1,3H3. The summed E-state index contributed by atoms with van der Waals surface area (Å²) in [6.07, 6.45) is 4.78. The third kappa shape index (κ3) is 3.27. The summed E-state index contributed by atoms with van der Waals surface area (Å²) in [7, 11) is 0. The van der Waals surface area contributed by atoms with Crippen LogP contribution in [0.25, 0.3) is 6.08 Å². The maximum atomic E-state index is 5.75. The highest BCUT2D eigenvalue weighted by atomic mass is 16.5. The second kappa shape index (κ2) is 6.16. The lowest BCUT2D eigenvalue weighted by Crippen LogP contribution is -1.97. The second-order valence-corrected chi connectivity index (χ2v) is 3.82. The quantitative estimate of drug-likeness (QED) is 0.632. The Hall–Kier alpha value is -1.50. The fourth-order valence-electron chi connectivity index (χ4n) is 1.59. The smallest absolute Gasteiger partial charge is 0.130 e. The minimum atomic E-state index is 0.837. The highest BCUT2D eigenvalue weighted by molar-refractivity contribution is 5.51. The van der Waals surface area contributed by atoms with Crippen LogP contribution in [0.15, 0.2) is 37.1 Å². The van der Waals surface area contributed by atoms with Crippen LogP contribution in [0.5, 0.6) is 5.75 Å². The van der Waals surface area contributed by atoms with E-state index in [1.54, 1.807) is 0 Å². The molecule has 0 spiro atoms. The van der Waals surface area contributed by atoms with E-state index in [0.717, 1.165) is 36.3 Å². The fourth-order valence-corrected chi connectivity index (χ4v) is 1.59. The van der Waals surface area contributed by atoms with Crippen molar-refractivity contribution in [2.45, 2.75) is 33.1 Å². The summed E-state index contributed by atoms with van der Waals surface area (Å²) in [4.78, 5) is 0. The Morgan fingerprint density at radius 2 is 2.12 bits per heavy atom. The number of benzene rings is 1. The van der Waals surface area contributed by atoms with E-state index in [2.05, 4.69) is 33.1 Å². The summed E-state index contributed by atoms with van der Waals surface area (Å²) in [5.74, 6) is 1.76. The molecule has 0 amide bonds. The molecule has 1 aromatic rings. The van der Waals surface area contributed by atoms with Gasteiger partial charge in [0, 0.05) is 6.42 Å². The van der Waals surface area contributed by atoms with Crippen LogP contribution in [0.1, 0.15) is 37.8 Å². The molecule has 0 aromatic heterocycles. The first kappa shape index (κ1) is 12.6. The molecule has 0 N–H and O–H groups in total. The molecule has 86 valence electrons. The molecule has 1 heteroatoms. The molecular formula is C15H20O. The average molecular weight is 216 g/mol. The van der Waals surface area contributed by atoms with Crippen LogP contribution in [-0.2, 0) is 6.42 Å². The van der Waals surface area contributed by atoms with Crippen molar-refractivity contribution in [1.29, 1.82) is 0 Å². The van der Waals surface area contributed by atoms with Gasteiger partial charge in [-0.3, -0.25) is 0 Å². The van der Waals surface area contributed by atoms with Gasteiger partial charge in [-0.25, -0.2) is 0 Å². The first-order valence-corrected chi connectivity index (χ1v) is 5.82. The van der Waals surface area contributed by atoms with Gasteiger partial charge in [0.05, 0.1) is 5.76 Å². The van der Waals surface area contributed by atoms with Crippen molar-refractivity contribution in [1.82, 2.24) is 0 Å². The third-order valence-corrected chi connectivity index (χ3v) is 2.48. The van der Waals surface area contributed by atoms with Gasteiger partial charge in [0.1, 0.15) is 5.75 Å². The van der Waals surface area contributed by atoms with Crippen LogP contribution < -0.4 is 4.74 Å². The van der Waals surface area contributed by atoms with Crippen molar-refractivity contribution in [3.63, 3.8) is 0 Å². The molecule has 1 aromatic carbocycles. The van der Waals surface area contributed by atoms with E-state index in [0.29, 0.717) is 0 Å². The van der Waals surface area contributed by atoms with Gasteiger partial charge in [0.25, 0.3) is 0 Å². The second-order valence-electron chi connectivity index (χ2n) is 3.82. The van der Waals surface area contributed by atoms with E-state index in [4.69, 9.17) is 4.74 Å². The van der Waals surface area contributed by atoms with Crippen molar-refractivity contribution in [3.05, 3.63) is 48.2 Å². The summed E-state index contributed by atoms with van der Waals surface area (Å²) in [6, 6.07) is 6.12. The third-order valence-electron chi connectivity index (χ3n) is 2.48. The molecule has 1 nitrogen and oxygen atoms in total. The Labute approximate surface area is 98.5 Å². The average Bonchev–Trinajstić information content (AvgIpc) is 2.30. The molecule has 0 aliphatic carbocycles. The monoisotopic (exact) mass is 216 g/mol. The molecule has 0 aliphatic heterocycles. The summed E-state index contributed by atoms with van der Waals surface area (Å²) in [5, 5.41) is 0. The lowest BCUT2D eigenvalue weighted by Gasteiger charge is -2.12. The van der Waals surface area contributed by atoms with Crippen LogP contribution in [0.2, 0.25) is 0 Å². The molecule has 0 atom stereocenters. The predicted molar refractivity (Wildman–Crippen MR) is 70.6 cm³/mol. The minimum Gasteiger partial charge on any atom is -0.462 e. The largest absolute Gasteiger partial charge is 0.462 e. The number of rotatable bonds is 6. The normalized spacial score (nSPS) is 9.88. The van der Waals surface area contributed by atoms with Gasteiger partial charge in [-0.1, -0.05) is 39.1 Å². The molecule has 0 radical (unpaired) electrons. The topological polar surface area (TPSA) is 9.23 Å². The zero-order valence-corrected chi connectivity index (χ0v) is 10.3. The van der Waals surface area contributed by atoms with Crippen LogP contribution >= 0.6 is 0 Å². The van der Waals surface area contributed by atoms with Crippen LogP contribution in [0, 0.1) is 0 Å². The number of aryl methyl sites for hydroxylation is 1. The highest BCUT2D eigenvalue weighted by Crippen LogP contribution is 2.24. The van der Waals surface area contributed by atoms with Crippen LogP contribution in [-0.4, -0.2) is 0 Å². The number of allylic oxidation sites excluding steroid dienone is 1. The van der Waals surface area contributed by atoms with E-state index in [9.17, 15) is 0 Å². The van der Waals surface area contributed by atoms with E-state index in [1.165, 1.54) is 5.56 Å². The molecule has 0 unspecified atom stereocenters. The predicted octanol–water partition coefficient (Wildman–Crippen LogP) is 4.58. The molecule has 1 rings (SSSR count). The Morgan fingerprint density at radius 3 is 2.69 bits per heavy atom. The molecular weight excluding hydrogens is 196 g/mol. The van der Waals surface area contributed by atoms with Gasteiger partial charge in [-0.05, 0) is 36.1 Å². The lowest BCUT2D eigenvalue weighted by molar-refractivity contribution is 0.400. The Bertz CT molecular complexity index is 377. The zero-order chi connectivity index (χ0) is 12.0. The van der Waals surface area contributed by atoms with Crippen LogP contribution in [0.3, 0.4) is 0 Å². The molecule has 0 bridgehead atoms. The molecule has 0 aliphatic rings. The van der Waals surface area contributed by atoms with E-state index >= 15 is 0 Å². The maximum absolute atomic E-state index is 5.75. The van der Waals surface area contributed by atoms with E-state index in [-0.39, 0.29) is 0 Å². The van der Waals surface area contributed by atoms with Gasteiger partial charge < -0.3 is 4.74 Å². The lowest BCUT2D eigenvalue weighted by atomic mass is 10.1. The SMILES string of the molecule is C=Cc1ccc(OC(=C)CCC)c(CC)c1. The maximum Gasteiger partial charge on any atom is 0.130 e. The Kier molecular flexibility index (Phi) is 4.84. The van der Waals surface area contributed by atoms with E-state index < -0.39 is 0 Å². The Morgan fingerprint density at radius 1 is 1.38 bits per heavy atom. The van der Waals surface area contributed by atoms with Crippen molar-refractivity contribution in [2.24, 2.45) is 0 Å². The van der Waals surface area contributed by atoms with Crippen molar-refractivity contribution in [2.75, 3.05) is 0 Å². The molecule has 0 saturated carbocycles. The minimum absolute atomic E-state index is 0.837. The van der Waals surface area contributed by atoms with Gasteiger partial charge in [-0.2, -0.15) is 0 Å². The summed E-state index contributed by atoms with van der Waals surface area (Å²) < 4.78 is 5.75. The van der Waals surface area contributed by atoms with Gasteiger partial charge in [-0.15, -0.1) is 0 Å². The van der Waals surface area contributed by atoms with E-state index in [1.807, 2.05) is 18.2 Å². The number of ether oxygens (including phenoxy) is 1. The van der Waals surface area contributed by atoms with Gasteiger partial charge >= 0.3 is 0 Å². The van der Waals surface area contributed by atoms with Crippen molar-refractivity contribution in [3.8, 4) is 5.75 Å². The Balaban J connectivity index is 2.87. The zero-order valence-electron chi connectivity index (χ0n) is 10.3.